The molecule has 0 aliphatic heterocycles. The lowest BCUT2D eigenvalue weighted by molar-refractivity contribution is 0.219. The number of hydrogen-bond donors (Lipinski definition) is 1. The number of pyridine rings is 1. The smallest absolute Gasteiger partial charge is 0.120 e. The normalized spacial score (nSPS) is 16.0. The van der Waals surface area contributed by atoms with E-state index >= 15 is 0 Å². The molecular formula is C17H15NO2S. The van der Waals surface area contributed by atoms with Crippen molar-refractivity contribution < 1.29 is 9.84 Å². The molecular weight excluding hydrogens is 282 g/mol. The van der Waals surface area contributed by atoms with E-state index in [0.717, 1.165) is 39.9 Å². The van der Waals surface area contributed by atoms with Gasteiger partial charge in [0.1, 0.15) is 11.9 Å². The van der Waals surface area contributed by atoms with Crippen molar-refractivity contribution in [1.29, 1.82) is 0 Å². The average Bonchev–Trinajstić information content (AvgIpc) is 3.20. The van der Waals surface area contributed by atoms with E-state index in [0.29, 0.717) is 6.10 Å². The monoisotopic (exact) mass is 297 g/mol. The Morgan fingerprint density at radius 3 is 2.95 bits per heavy atom. The van der Waals surface area contributed by atoms with Gasteiger partial charge in [-0.25, -0.2) is 0 Å². The van der Waals surface area contributed by atoms with Crippen LogP contribution in [0.4, 0.5) is 0 Å². The maximum Gasteiger partial charge on any atom is 0.120 e. The van der Waals surface area contributed by atoms with Crippen LogP contribution in [0.15, 0.2) is 48.0 Å². The molecule has 1 N–H and O–H groups in total. The molecule has 106 valence electrons. The third-order valence-corrected chi connectivity index (χ3v) is 4.49. The molecule has 1 atom stereocenters. The van der Waals surface area contributed by atoms with Crippen LogP contribution in [0.3, 0.4) is 0 Å². The minimum Gasteiger partial charge on any atom is -0.490 e. The van der Waals surface area contributed by atoms with E-state index in [4.69, 9.17) is 4.74 Å². The first-order valence-electron chi connectivity index (χ1n) is 7.07. The second-order valence-electron chi connectivity index (χ2n) is 5.36. The van der Waals surface area contributed by atoms with Gasteiger partial charge in [-0.2, -0.15) is 0 Å². The number of thiophene rings is 1. The minimum atomic E-state index is -0.674. The summed E-state index contributed by atoms with van der Waals surface area (Å²) in [4.78, 5) is 4.39. The lowest BCUT2D eigenvalue weighted by Crippen LogP contribution is -2.02. The molecule has 4 rings (SSSR count). The largest absolute Gasteiger partial charge is 0.490 e. The van der Waals surface area contributed by atoms with Gasteiger partial charge < -0.3 is 9.84 Å². The lowest BCUT2D eigenvalue weighted by atomic mass is 10.0. The molecule has 4 heteroatoms. The van der Waals surface area contributed by atoms with Crippen LogP contribution in [0.25, 0.3) is 10.2 Å². The minimum absolute atomic E-state index is 0.363. The van der Waals surface area contributed by atoms with Gasteiger partial charge in [-0.05, 0) is 48.1 Å². The highest BCUT2D eigenvalue weighted by Gasteiger charge is 2.23. The molecule has 1 saturated carbocycles. The van der Waals surface area contributed by atoms with Gasteiger partial charge >= 0.3 is 0 Å². The number of aliphatic hydroxyl groups excluding tert-OH is 1. The molecule has 1 unspecified atom stereocenters. The van der Waals surface area contributed by atoms with Crippen LogP contribution in [0.5, 0.6) is 5.75 Å². The summed E-state index contributed by atoms with van der Waals surface area (Å²) in [7, 11) is 0. The maximum absolute atomic E-state index is 10.6. The topological polar surface area (TPSA) is 42.4 Å². The summed E-state index contributed by atoms with van der Waals surface area (Å²) in [5.74, 6) is 0.833. The summed E-state index contributed by atoms with van der Waals surface area (Å²) in [5, 5.41) is 12.6. The molecule has 1 aliphatic carbocycles. The fourth-order valence-electron chi connectivity index (χ4n) is 2.34. The molecule has 0 amide bonds. The molecule has 21 heavy (non-hydrogen) atoms. The van der Waals surface area contributed by atoms with Gasteiger partial charge in [-0.1, -0.05) is 12.1 Å². The number of ether oxygens (including phenoxy) is 1. The molecule has 2 heterocycles. The zero-order valence-corrected chi connectivity index (χ0v) is 12.2. The second kappa shape index (κ2) is 5.13. The molecule has 0 saturated heterocycles. The van der Waals surface area contributed by atoms with Crippen molar-refractivity contribution in [2.45, 2.75) is 25.0 Å². The third-order valence-electron chi connectivity index (χ3n) is 3.64. The van der Waals surface area contributed by atoms with Crippen LogP contribution >= 0.6 is 11.3 Å². The standard InChI is InChI=1S/C17H15NO2S/c19-17(12-9-16-15(18-10-12)6-7-21-16)11-2-1-3-14(8-11)20-13-4-5-13/h1-3,6-10,13,17,19H,4-5H2. The predicted molar refractivity (Wildman–Crippen MR) is 83.8 cm³/mol. The van der Waals surface area contributed by atoms with Gasteiger partial charge in [-0.3, -0.25) is 4.98 Å². The van der Waals surface area contributed by atoms with E-state index in [2.05, 4.69) is 4.98 Å². The van der Waals surface area contributed by atoms with E-state index in [-0.39, 0.29) is 0 Å². The van der Waals surface area contributed by atoms with Crippen LogP contribution in [0.2, 0.25) is 0 Å². The Labute approximate surface area is 126 Å². The number of aromatic nitrogens is 1. The highest BCUT2D eigenvalue weighted by atomic mass is 32.1. The Balaban J connectivity index is 1.64. The Bertz CT molecular complexity index is 779. The summed E-state index contributed by atoms with van der Waals surface area (Å²) in [6.45, 7) is 0. The maximum atomic E-state index is 10.6. The van der Waals surface area contributed by atoms with Crippen molar-refractivity contribution >= 4 is 21.6 Å². The summed E-state index contributed by atoms with van der Waals surface area (Å²) >= 11 is 1.64. The van der Waals surface area contributed by atoms with Crippen molar-refractivity contribution in [3.8, 4) is 5.75 Å². The summed E-state index contributed by atoms with van der Waals surface area (Å²) in [5.41, 5.74) is 2.63. The SMILES string of the molecule is OC(c1cccc(OC2CC2)c1)c1cnc2ccsc2c1. The van der Waals surface area contributed by atoms with Crippen LogP contribution in [-0.2, 0) is 0 Å². The summed E-state index contributed by atoms with van der Waals surface area (Å²) in [6, 6.07) is 11.7. The zero-order chi connectivity index (χ0) is 14.2. The van der Waals surface area contributed by atoms with Gasteiger partial charge in [0.15, 0.2) is 0 Å². The van der Waals surface area contributed by atoms with Crippen LogP contribution < -0.4 is 4.74 Å². The first kappa shape index (κ1) is 12.8. The van der Waals surface area contributed by atoms with E-state index in [1.165, 1.54) is 0 Å². The van der Waals surface area contributed by atoms with Gasteiger partial charge in [-0.15, -0.1) is 11.3 Å². The van der Waals surface area contributed by atoms with Crippen LogP contribution in [-0.4, -0.2) is 16.2 Å². The van der Waals surface area contributed by atoms with Gasteiger partial charge in [0.05, 0.1) is 16.3 Å². The molecule has 3 nitrogen and oxygen atoms in total. The molecule has 3 aromatic rings. The van der Waals surface area contributed by atoms with Gasteiger partial charge in [0, 0.05) is 11.8 Å². The second-order valence-corrected chi connectivity index (χ2v) is 6.31. The molecule has 1 aliphatic rings. The van der Waals surface area contributed by atoms with Crippen molar-refractivity contribution in [2.24, 2.45) is 0 Å². The van der Waals surface area contributed by atoms with E-state index in [1.54, 1.807) is 17.5 Å². The Morgan fingerprint density at radius 1 is 1.19 bits per heavy atom. The number of aliphatic hydroxyl groups is 1. The Kier molecular flexibility index (Phi) is 3.13. The number of nitrogens with zero attached hydrogens (tertiary/aromatic N) is 1. The summed E-state index contributed by atoms with van der Waals surface area (Å²) in [6.07, 6.45) is 3.69. The molecule has 1 fully saturated rings. The van der Waals surface area contributed by atoms with Crippen molar-refractivity contribution in [1.82, 2.24) is 4.98 Å². The van der Waals surface area contributed by atoms with Crippen molar-refractivity contribution in [3.05, 3.63) is 59.1 Å². The number of fused-ring (bicyclic) bond motifs is 1. The predicted octanol–water partition coefficient (Wildman–Crippen LogP) is 3.92. The zero-order valence-electron chi connectivity index (χ0n) is 11.4. The highest BCUT2D eigenvalue weighted by Crippen LogP contribution is 2.31. The van der Waals surface area contributed by atoms with Crippen LogP contribution in [0.1, 0.15) is 30.1 Å². The Hall–Kier alpha value is -1.91. The van der Waals surface area contributed by atoms with Gasteiger partial charge in [0.2, 0.25) is 0 Å². The van der Waals surface area contributed by atoms with E-state index in [9.17, 15) is 5.11 Å². The quantitative estimate of drug-likeness (QED) is 0.793. The summed E-state index contributed by atoms with van der Waals surface area (Å²) < 4.78 is 6.88. The number of rotatable bonds is 4. The van der Waals surface area contributed by atoms with Gasteiger partial charge in [0.25, 0.3) is 0 Å². The number of benzene rings is 1. The highest BCUT2D eigenvalue weighted by molar-refractivity contribution is 7.17. The fraction of sp³-hybridized carbons (Fsp3) is 0.235. The third kappa shape index (κ3) is 2.64. The molecule has 0 bridgehead atoms. The average molecular weight is 297 g/mol. The first-order valence-corrected chi connectivity index (χ1v) is 7.95. The van der Waals surface area contributed by atoms with Crippen LogP contribution in [0, 0.1) is 0 Å². The van der Waals surface area contributed by atoms with E-state index in [1.807, 2.05) is 41.8 Å². The van der Waals surface area contributed by atoms with Crippen molar-refractivity contribution in [3.63, 3.8) is 0 Å². The van der Waals surface area contributed by atoms with Crippen molar-refractivity contribution in [2.75, 3.05) is 0 Å². The fourth-order valence-corrected chi connectivity index (χ4v) is 3.13. The van der Waals surface area contributed by atoms with E-state index < -0.39 is 6.10 Å². The molecule has 1 aromatic carbocycles. The first-order chi connectivity index (χ1) is 10.3. The molecule has 0 radical (unpaired) electrons. The Morgan fingerprint density at radius 2 is 2.10 bits per heavy atom. The molecule has 2 aromatic heterocycles. The molecule has 0 spiro atoms. The lowest BCUT2D eigenvalue weighted by Gasteiger charge is -2.13. The number of hydrogen-bond acceptors (Lipinski definition) is 4.